The van der Waals surface area contributed by atoms with E-state index in [0.717, 1.165) is 38.3 Å². The topological polar surface area (TPSA) is 130 Å². The number of aliphatic hydroxyl groups is 3. The molecule has 0 aromatic heterocycles. The number of fused-ring (bicyclic) bond motifs is 8. The molecule has 3 N–H and O–H groups in total. The number of ketones is 1. The van der Waals surface area contributed by atoms with Gasteiger partial charge in [-0.2, -0.15) is 43.9 Å². The number of halogens is 10. The summed E-state index contributed by atoms with van der Waals surface area (Å²) in [6, 6.07) is 13.8. The highest BCUT2D eigenvalue weighted by atomic mass is 32.2. The number of hydrogen-bond acceptors (Lipinski definition) is 9. The van der Waals surface area contributed by atoms with Gasteiger partial charge in [-0.25, -0.2) is 8.42 Å². The van der Waals surface area contributed by atoms with Gasteiger partial charge in [0.05, 0.1) is 29.5 Å². The van der Waals surface area contributed by atoms with E-state index in [4.69, 9.17) is 9.47 Å². The summed E-state index contributed by atoms with van der Waals surface area (Å²) in [4.78, 5) is 13.2. The fourth-order valence-corrected chi connectivity index (χ4v) is 18.2. The van der Waals surface area contributed by atoms with E-state index in [2.05, 4.69) is 13.8 Å². The third-order valence-electron chi connectivity index (χ3n) is 21.2. The number of ether oxygens (including phenoxy) is 2. The third-order valence-corrected chi connectivity index (χ3v) is 23.7. The second-order valence-corrected chi connectivity index (χ2v) is 29.1. The first-order valence-electron chi connectivity index (χ1n) is 28.0. The minimum absolute atomic E-state index is 0.00850. The van der Waals surface area contributed by atoms with Gasteiger partial charge >= 0.3 is 24.2 Å². The van der Waals surface area contributed by atoms with E-state index in [-0.39, 0.29) is 65.8 Å². The molecule has 6 fully saturated rings. The lowest BCUT2D eigenvalue weighted by Crippen LogP contribution is -2.65. The Morgan fingerprint density at radius 3 is 1.64 bits per heavy atom. The van der Waals surface area contributed by atoms with Crippen LogP contribution in [-0.4, -0.2) is 102 Å². The number of hydrogen-bond donors (Lipinski definition) is 3. The van der Waals surface area contributed by atoms with Gasteiger partial charge in [0.15, 0.2) is 21.4 Å². The number of carbonyl (C=O) groups is 1. The van der Waals surface area contributed by atoms with Crippen LogP contribution in [-0.2, 0) is 24.1 Å². The molecule has 8 nitrogen and oxygen atoms in total. The number of benzene rings is 2. The Balaban J connectivity index is 0.000000181. The van der Waals surface area contributed by atoms with Crippen LogP contribution in [0.2, 0.25) is 0 Å². The van der Waals surface area contributed by atoms with Crippen molar-refractivity contribution >= 4 is 27.4 Å². The van der Waals surface area contributed by atoms with Crippen molar-refractivity contribution in [1.29, 1.82) is 0 Å². The zero-order chi connectivity index (χ0) is 58.5. The van der Waals surface area contributed by atoms with Crippen molar-refractivity contribution in [3.63, 3.8) is 0 Å². The molecule has 11 rings (SSSR count). The van der Waals surface area contributed by atoms with Gasteiger partial charge in [-0.3, -0.25) is 4.79 Å². The van der Waals surface area contributed by atoms with Crippen LogP contribution in [0.3, 0.4) is 0 Å². The summed E-state index contributed by atoms with van der Waals surface area (Å²) >= 11 is 1.55. The molecule has 20 heteroatoms. The van der Waals surface area contributed by atoms with Crippen molar-refractivity contribution in [2.24, 2.45) is 39.9 Å². The quantitative estimate of drug-likeness (QED) is 0.141. The van der Waals surface area contributed by atoms with E-state index in [1.807, 2.05) is 30.5 Å². The number of rotatable bonds is 7. The average molecular weight is 1180 g/mol. The maximum absolute atomic E-state index is 15.2. The summed E-state index contributed by atoms with van der Waals surface area (Å²) in [6.07, 6.45) is -5.74. The van der Waals surface area contributed by atoms with Crippen LogP contribution >= 0.6 is 11.8 Å². The maximum atomic E-state index is 15.2. The van der Waals surface area contributed by atoms with E-state index in [0.29, 0.717) is 70.1 Å². The second kappa shape index (κ2) is 19.6. The SMILES string of the molecule is CCS(=O)(=O)c1ccc([C@H]2C[C@@]3(C)C(CC[C@@]3(O)C(F)(F)C(F)(F)F)C3CCC4=CC(=O)CCC4=C32)cc1.CSc1ccc([C@H]2C[C@@]3(C)C(CC[C@@]3(O)C(F)(F)C(F)(F)F)C3CC[C@@]4(O)CC5(CCC4=C32)OCC(C)(C)CO5)cc1. The van der Waals surface area contributed by atoms with Gasteiger partial charge in [0, 0.05) is 52.2 Å². The normalized spacial score (nSPS) is 36.9. The van der Waals surface area contributed by atoms with Gasteiger partial charge in [-0.15, -0.1) is 11.8 Å². The van der Waals surface area contributed by atoms with Crippen molar-refractivity contribution < 1.29 is 81.9 Å². The number of carbonyl (C=O) groups excluding carboxylic acids is 1. The third kappa shape index (κ3) is 9.06. The summed E-state index contributed by atoms with van der Waals surface area (Å²) in [5, 5.41) is 35.0. The second-order valence-electron chi connectivity index (χ2n) is 25.9. The van der Waals surface area contributed by atoms with E-state index in [1.165, 1.54) is 32.9 Å². The molecule has 80 heavy (non-hydrogen) atoms. The highest BCUT2D eigenvalue weighted by molar-refractivity contribution is 7.98. The highest BCUT2D eigenvalue weighted by Gasteiger charge is 2.81. The number of allylic oxidation sites excluding steroid dienone is 5. The molecule has 0 bridgehead atoms. The summed E-state index contributed by atoms with van der Waals surface area (Å²) in [5.41, 5.74) is -5.24. The molecule has 1 heterocycles. The Kier molecular flexibility index (Phi) is 14.7. The van der Waals surface area contributed by atoms with Crippen molar-refractivity contribution in [2.45, 2.75) is 199 Å². The molecule has 2 aromatic rings. The molecule has 4 unspecified atom stereocenters. The Labute approximate surface area is 465 Å². The number of sulfone groups is 1. The van der Waals surface area contributed by atoms with Gasteiger partial charge < -0.3 is 24.8 Å². The van der Waals surface area contributed by atoms with Crippen LogP contribution in [0, 0.1) is 39.9 Å². The number of alkyl halides is 10. The van der Waals surface area contributed by atoms with Crippen molar-refractivity contribution in [2.75, 3.05) is 25.2 Å². The van der Waals surface area contributed by atoms with Crippen molar-refractivity contribution in [3.05, 3.63) is 93.6 Å². The lowest BCUT2D eigenvalue weighted by Gasteiger charge is -2.59. The van der Waals surface area contributed by atoms with Crippen LogP contribution in [0.4, 0.5) is 43.9 Å². The van der Waals surface area contributed by atoms with E-state index in [9.17, 15) is 54.9 Å². The first-order chi connectivity index (χ1) is 37.0. The average Bonchev–Trinajstić information content (AvgIpc) is 3.86. The lowest BCUT2D eigenvalue weighted by atomic mass is 9.49. The molecule has 0 radical (unpaired) electrons. The molecule has 1 spiro atoms. The zero-order valence-electron chi connectivity index (χ0n) is 45.9. The first kappa shape index (κ1) is 59.9. The first-order valence-corrected chi connectivity index (χ1v) is 30.9. The molecule has 5 saturated carbocycles. The molecule has 2 aromatic carbocycles. The summed E-state index contributed by atoms with van der Waals surface area (Å²) < 4.78 is 180. The van der Waals surface area contributed by atoms with E-state index in [1.54, 1.807) is 30.0 Å². The minimum Gasteiger partial charge on any atom is -0.385 e. The van der Waals surface area contributed by atoms with Crippen LogP contribution in [0.5, 0.6) is 0 Å². The lowest BCUT2D eigenvalue weighted by molar-refractivity contribution is -0.362. The molecule has 9 aliphatic rings. The van der Waals surface area contributed by atoms with E-state index < -0.39 is 104 Å². The molecule has 11 atom stereocenters. The standard InChI is InChI=1S/C32H41F5O4S.C28H31F5O4S/c1-26(2)17-40-29(41-18-26)13-10-24-25-21(9-12-28(24,38)16-29)23-11-14-30(39,31(33,34)32(35,36)37)27(23,3)15-22(25)19-5-7-20(42-4)8-6-19;1-3-38(36,37)19-8-4-16(5-9-19)22-15-25(2)23(12-13-26(25,35)27(29,30)28(31,32)33)21-10-6-17-14-18(34)7-11-20(17)24(21)22/h5-8,21-23,38-39H,9-18H2,1-4H3;4-5,8-9,14,21-23,35H,3,6-7,10-13,15H2,1-2H3/t21?,22-,23?,27+,28-,30+;21?,22-,23?,25+,26+/m11/s1. The molecule has 1 aliphatic heterocycles. The Morgan fingerprint density at radius 2 is 1.14 bits per heavy atom. The Bertz CT molecular complexity index is 2980. The van der Waals surface area contributed by atoms with Crippen LogP contribution < -0.4 is 0 Å². The smallest absolute Gasteiger partial charge is 0.385 e. The minimum atomic E-state index is -5.91. The fourth-order valence-electron chi connectivity index (χ4n) is 16.9. The molecular weight excluding hydrogens is 1100 g/mol. The highest BCUT2D eigenvalue weighted by Crippen LogP contribution is 2.73. The Morgan fingerprint density at radius 1 is 0.637 bits per heavy atom. The van der Waals surface area contributed by atoms with Crippen molar-refractivity contribution in [1.82, 2.24) is 0 Å². The summed E-state index contributed by atoms with van der Waals surface area (Å²) in [7, 11) is -3.50. The van der Waals surface area contributed by atoms with Crippen LogP contribution in [0.25, 0.3) is 0 Å². The summed E-state index contributed by atoms with van der Waals surface area (Å²) in [5.74, 6) is -14.4. The molecule has 442 valence electrons. The van der Waals surface area contributed by atoms with Gasteiger partial charge in [-0.1, -0.05) is 70.0 Å². The fraction of sp³-hybridized carbons (Fsp3) is 0.683. The van der Waals surface area contributed by atoms with Crippen LogP contribution in [0.15, 0.2) is 92.3 Å². The molecular formula is C60H72F10O8S2. The van der Waals surface area contributed by atoms with Gasteiger partial charge in [-0.05, 0) is 165 Å². The molecule has 8 aliphatic carbocycles. The maximum Gasteiger partial charge on any atom is 0.456 e. The Hall–Kier alpha value is -3.27. The summed E-state index contributed by atoms with van der Waals surface area (Å²) in [6.45, 7) is 9.47. The predicted molar refractivity (Wildman–Crippen MR) is 280 cm³/mol. The predicted octanol–water partition coefficient (Wildman–Crippen LogP) is 13.9. The van der Waals surface area contributed by atoms with Gasteiger partial charge in [0.25, 0.3) is 0 Å². The number of thioether (sulfide) groups is 1. The van der Waals surface area contributed by atoms with Gasteiger partial charge in [0.1, 0.15) is 11.2 Å². The van der Waals surface area contributed by atoms with Crippen molar-refractivity contribution in [3.8, 4) is 0 Å². The van der Waals surface area contributed by atoms with E-state index >= 15 is 17.6 Å². The van der Waals surface area contributed by atoms with Gasteiger partial charge in [0.2, 0.25) is 0 Å². The monoisotopic (exact) mass is 1170 g/mol. The van der Waals surface area contributed by atoms with Crippen LogP contribution in [0.1, 0.15) is 154 Å². The molecule has 1 saturated heterocycles. The molecule has 0 amide bonds. The largest absolute Gasteiger partial charge is 0.456 e. The zero-order valence-corrected chi connectivity index (χ0v) is 47.5.